The summed E-state index contributed by atoms with van der Waals surface area (Å²) in [7, 11) is 1.87. The van der Waals surface area contributed by atoms with E-state index in [1.165, 1.54) is 11.1 Å². The maximum atomic E-state index is 12.0. The Labute approximate surface area is 109 Å². The molecular formula is C13H19ClN2O. The Bertz CT molecular complexity index is 406. The van der Waals surface area contributed by atoms with Gasteiger partial charge in [-0.3, -0.25) is 4.79 Å². The average molecular weight is 255 g/mol. The molecule has 0 bridgehead atoms. The first-order valence-corrected chi connectivity index (χ1v) is 5.77. The highest BCUT2D eigenvalue weighted by molar-refractivity contribution is 5.96. The third-order valence-electron chi connectivity index (χ3n) is 3.09. The zero-order chi connectivity index (χ0) is 11.5. The van der Waals surface area contributed by atoms with Crippen LogP contribution in [0, 0.1) is 6.92 Å². The van der Waals surface area contributed by atoms with E-state index in [-0.39, 0.29) is 18.3 Å². The van der Waals surface area contributed by atoms with Gasteiger partial charge in [-0.2, -0.15) is 0 Å². The number of benzene rings is 1. The molecule has 94 valence electrons. The molecule has 0 saturated carbocycles. The van der Waals surface area contributed by atoms with Crippen molar-refractivity contribution < 1.29 is 4.79 Å². The van der Waals surface area contributed by atoms with Crippen LogP contribution in [0.25, 0.3) is 0 Å². The van der Waals surface area contributed by atoms with E-state index in [1.807, 2.05) is 11.9 Å². The molecule has 1 amide bonds. The van der Waals surface area contributed by atoms with Gasteiger partial charge in [0.15, 0.2) is 0 Å². The lowest BCUT2D eigenvalue weighted by Gasteiger charge is -2.19. The third kappa shape index (κ3) is 2.79. The topological polar surface area (TPSA) is 32.3 Å². The van der Waals surface area contributed by atoms with Crippen LogP contribution in [0.4, 0.5) is 5.69 Å². The molecule has 2 rings (SSSR count). The number of nitrogens with zero attached hydrogens (tertiary/aromatic N) is 1. The van der Waals surface area contributed by atoms with Crippen LogP contribution in [0.2, 0.25) is 0 Å². The number of para-hydroxylation sites is 1. The molecule has 3 nitrogen and oxygen atoms in total. The van der Waals surface area contributed by atoms with Gasteiger partial charge in [-0.05, 0) is 31.5 Å². The average Bonchev–Trinajstić information content (AvgIpc) is 2.71. The summed E-state index contributed by atoms with van der Waals surface area (Å²) in [5, 5.41) is 3.01. The Morgan fingerprint density at radius 1 is 1.47 bits per heavy atom. The number of rotatable bonds is 3. The van der Waals surface area contributed by atoms with Crippen molar-refractivity contribution in [1.29, 1.82) is 0 Å². The molecule has 0 fully saturated rings. The molecule has 0 atom stereocenters. The predicted octanol–water partition coefficient (Wildman–Crippen LogP) is 1.92. The van der Waals surface area contributed by atoms with Gasteiger partial charge in [-0.25, -0.2) is 0 Å². The van der Waals surface area contributed by atoms with E-state index >= 15 is 0 Å². The van der Waals surface area contributed by atoms with Gasteiger partial charge in [-0.15, -0.1) is 12.4 Å². The molecule has 4 heteroatoms. The van der Waals surface area contributed by atoms with Crippen molar-refractivity contribution in [1.82, 2.24) is 5.32 Å². The summed E-state index contributed by atoms with van der Waals surface area (Å²) in [4.78, 5) is 13.9. The number of fused-ring (bicyclic) bond motifs is 1. The van der Waals surface area contributed by atoms with Crippen molar-refractivity contribution in [2.75, 3.05) is 25.0 Å². The van der Waals surface area contributed by atoms with Crippen molar-refractivity contribution in [3.05, 3.63) is 29.3 Å². The van der Waals surface area contributed by atoms with Crippen LogP contribution >= 0.6 is 12.4 Å². The minimum atomic E-state index is 0. The number of hydrogen-bond donors (Lipinski definition) is 1. The molecule has 1 heterocycles. The maximum Gasteiger partial charge on any atom is 0.228 e. The molecule has 0 spiro atoms. The van der Waals surface area contributed by atoms with Crippen LogP contribution in [0.1, 0.15) is 17.5 Å². The van der Waals surface area contributed by atoms with Gasteiger partial charge in [0.05, 0.1) is 0 Å². The van der Waals surface area contributed by atoms with E-state index < -0.39 is 0 Å². The van der Waals surface area contributed by atoms with Gasteiger partial charge in [0, 0.05) is 25.2 Å². The van der Waals surface area contributed by atoms with Gasteiger partial charge in [0.25, 0.3) is 0 Å². The smallest absolute Gasteiger partial charge is 0.228 e. The summed E-state index contributed by atoms with van der Waals surface area (Å²) in [5.74, 6) is 0.224. The Morgan fingerprint density at radius 2 is 2.24 bits per heavy atom. The molecule has 1 N–H and O–H groups in total. The van der Waals surface area contributed by atoms with Gasteiger partial charge >= 0.3 is 0 Å². The second kappa shape index (κ2) is 6.03. The monoisotopic (exact) mass is 254 g/mol. The second-order valence-corrected chi connectivity index (χ2v) is 4.23. The number of amides is 1. The summed E-state index contributed by atoms with van der Waals surface area (Å²) in [6.45, 7) is 3.65. The van der Waals surface area contributed by atoms with Crippen LogP contribution < -0.4 is 10.2 Å². The minimum Gasteiger partial charge on any atom is -0.319 e. The van der Waals surface area contributed by atoms with E-state index in [2.05, 4.69) is 30.4 Å². The Morgan fingerprint density at radius 3 is 2.94 bits per heavy atom. The normalized spacial score (nSPS) is 13.2. The van der Waals surface area contributed by atoms with Gasteiger partial charge in [0.2, 0.25) is 5.91 Å². The van der Waals surface area contributed by atoms with Crippen LogP contribution in [0.15, 0.2) is 18.2 Å². The molecule has 1 aliphatic rings. The molecule has 0 aliphatic carbocycles. The predicted molar refractivity (Wildman–Crippen MR) is 73.0 cm³/mol. The fourth-order valence-electron chi connectivity index (χ4n) is 2.27. The first kappa shape index (κ1) is 14.0. The number of nitrogens with one attached hydrogen (secondary N) is 1. The molecule has 17 heavy (non-hydrogen) atoms. The molecule has 1 aromatic carbocycles. The molecule has 0 unspecified atom stereocenters. The summed E-state index contributed by atoms with van der Waals surface area (Å²) in [6.07, 6.45) is 1.56. The highest BCUT2D eigenvalue weighted by atomic mass is 35.5. The van der Waals surface area contributed by atoms with Gasteiger partial charge in [-0.1, -0.05) is 18.2 Å². The van der Waals surface area contributed by atoms with Crippen molar-refractivity contribution >= 4 is 24.0 Å². The maximum absolute atomic E-state index is 12.0. The molecule has 1 aromatic rings. The van der Waals surface area contributed by atoms with E-state index in [1.54, 1.807) is 0 Å². The lowest BCUT2D eigenvalue weighted by atomic mass is 10.1. The Kier molecular flexibility index (Phi) is 4.97. The van der Waals surface area contributed by atoms with Crippen LogP contribution in [-0.4, -0.2) is 26.0 Å². The van der Waals surface area contributed by atoms with Crippen molar-refractivity contribution in [2.24, 2.45) is 0 Å². The number of hydrogen-bond acceptors (Lipinski definition) is 2. The molecule has 1 aliphatic heterocycles. The quantitative estimate of drug-likeness (QED) is 0.894. The van der Waals surface area contributed by atoms with E-state index in [9.17, 15) is 4.79 Å². The second-order valence-electron chi connectivity index (χ2n) is 4.23. The molecule has 0 saturated heterocycles. The molecule has 0 aromatic heterocycles. The minimum absolute atomic E-state index is 0. The number of carbonyl (C=O) groups is 1. The van der Waals surface area contributed by atoms with E-state index in [0.29, 0.717) is 6.42 Å². The first-order valence-electron chi connectivity index (χ1n) is 5.77. The number of carbonyl (C=O) groups excluding carboxylic acids is 1. The number of aryl methyl sites for hydroxylation is 1. The van der Waals surface area contributed by atoms with Crippen molar-refractivity contribution in [3.8, 4) is 0 Å². The Balaban J connectivity index is 0.00000144. The third-order valence-corrected chi connectivity index (χ3v) is 3.09. The first-order chi connectivity index (χ1) is 7.74. The standard InChI is InChI=1S/C13H18N2O.ClH/c1-10-4-3-5-11-7-9-15(13(10)11)12(16)6-8-14-2;/h3-5,14H,6-9H2,1-2H3;1H. The summed E-state index contributed by atoms with van der Waals surface area (Å²) >= 11 is 0. The van der Waals surface area contributed by atoms with Crippen molar-refractivity contribution in [2.45, 2.75) is 19.8 Å². The van der Waals surface area contributed by atoms with Gasteiger partial charge in [0.1, 0.15) is 0 Å². The zero-order valence-electron chi connectivity index (χ0n) is 10.3. The summed E-state index contributed by atoms with van der Waals surface area (Å²) in [5.41, 5.74) is 3.65. The fraction of sp³-hybridized carbons (Fsp3) is 0.462. The summed E-state index contributed by atoms with van der Waals surface area (Å²) in [6, 6.07) is 6.26. The van der Waals surface area contributed by atoms with E-state index in [4.69, 9.17) is 0 Å². The fourth-order valence-corrected chi connectivity index (χ4v) is 2.27. The summed E-state index contributed by atoms with van der Waals surface area (Å²) < 4.78 is 0. The van der Waals surface area contributed by atoms with Crippen molar-refractivity contribution in [3.63, 3.8) is 0 Å². The Hall–Kier alpha value is -1.06. The molecule has 0 radical (unpaired) electrons. The SMILES string of the molecule is CNCCC(=O)N1CCc2cccc(C)c21.Cl. The van der Waals surface area contributed by atoms with Crippen LogP contribution in [0.5, 0.6) is 0 Å². The molecular weight excluding hydrogens is 236 g/mol. The highest BCUT2D eigenvalue weighted by Crippen LogP contribution is 2.31. The lowest BCUT2D eigenvalue weighted by molar-refractivity contribution is -0.118. The van der Waals surface area contributed by atoms with E-state index in [0.717, 1.165) is 25.2 Å². The lowest BCUT2D eigenvalue weighted by Crippen LogP contribution is -2.31. The largest absolute Gasteiger partial charge is 0.319 e. The highest BCUT2D eigenvalue weighted by Gasteiger charge is 2.25. The van der Waals surface area contributed by atoms with Crippen LogP contribution in [-0.2, 0) is 11.2 Å². The number of anilines is 1. The zero-order valence-corrected chi connectivity index (χ0v) is 11.1. The van der Waals surface area contributed by atoms with Crippen LogP contribution in [0.3, 0.4) is 0 Å². The van der Waals surface area contributed by atoms with Gasteiger partial charge < -0.3 is 10.2 Å². The number of halogens is 1.